The normalized spacial score (nSPS) is 25.8. The lowest BCUT2D eigenvalue weighted by Crippen LogP contribution is -2.54. The first-order valence-corrected chi connectivity index (χ1v) is 8.82. The third kappa shape index (κ3) is 3.14. The Morgan fingerprint density at radius 2 is 1.71 bits per heavy atom. The van der Waals surface area contributed by atoms with Crippen molar-refractivity contribution in [3.8, 4) is 5.82 Å². The summed E-state index contributed by atoms with van der Waals surface area (Å²) in [7, 11) is 0. The molecule has 2 atom stereocenters. The van der Waals surface area contributed by atoms with E-state index in [0.717, 1.165) is 57.1 Å². The van der Waals surface area contributed by atoms with E-state index in [-0.39, 0.29) is 6.10 Å². The predicted molar refractivity (Wildman–Crippen MR) is 91.2 cm³/mol. The SMILES string of the molecule is OC1CCCCC1N1CCN(c2ccc(-n3cccn3)nn2)CC1. The highest BCUT2D eigenvalue weighted by Crippen LogP contribution is 2.25. The smallest absolute Gasteiger partial charge is 0.175 e. The number of hydrogen-bond donors (Lipinski definition) is 1. The van der Waals surface area contributed by atoms with Crippen molar-refractivity contribution in [3.63, 3.8) is 0 Å². The third-order valence-corrected chi connectivity index (χ3v) is 5.18. The molecule has 7 heteroatoms. The molecule has 2 fully saturated rings. The van der Waals surface area contributed by atoms with Gasteiger partial charge >= 0.3 is 0 Å². The number of piperazine rings is 1. The van der Waals surface area contributed by atoms with E-state index in [9.17, 15) is 5.11 Å². The van der Waals surface area contributed by atoms with Crippen LogP contribution in [0.15, 0.2) is 30.6 Å². The molecule has 7 nitrogen and oxygen atoms in total. The second-order valence-corrected chi connectivity index (χ2v) is 6.64. The molecule has 4 rings (SSSR count). The molecule has 0 aromatic carbocycles. The minimum absolute atomic E-state index is 0.154. The molecule has 128 valence electrons. The summed E-state index contributed by atoms with van der Waals surface area (Å²) >= 11 is 0. The number of rotatable bonds is 3. The molecule has 3 heterocycles. The topological polar surface area (TPSA) is 70.3 Å². The van der Waals surface area contributed by atoms with Crippen LogP contribution in [0.2, 0.25) is 0 Å². The van der Waals surface area contributed by atoms with Gasteiger partial charge in [0.05, 0.1) is 6.10 Å². The van der Waals surface area contributed by atoms with Gasteiger partial charge in [0.25, 0.3) is 0 Å². The van der Waals surface area contributed by atoms with Crippen molar-refractivity contribution in [2.75, 3.05) is 31.1 Å². The van der Waals surface area contributed by atoms with Gasteiger partial charge < -0.3 is 10.0 Å². The number of aliphatic hydroxyl groups is 1. The van der Waals surface area contributed by atoms with Gasteiger partial charge in [0.1, 0.15) is 0 Å². The first kappa shape index (κ1) is 15.5. The van der Waals surface area contributed by atoms with Crippen LogP contribution in [0, 0.1) is 0 Å². The number of anilines is 1. The summed E-state index contributed by atoms with van der Waals surface area (Å²) < 4.78 is 1.71. The van der Waals surface area contributed by atoms with Crippen molar-refractivity contribution in [1.29, 1.82) is 0 Å². The largest absolute Gasteiger partial charge is 0.391 e. The van der Waals surface area contributed by atoms with Gasteiger partial charge in [-0.15, -0.1) is 10.2 Å². The Morgan fingerprint density at radius 1 is 0.958 bits per heavy atom. The van der Waals surface area contributed by atoms with Crippen LogP contribution in [0.1, 0.15) is 25.7 Å². The zero-order valence-electron chi connectivity index (χ0n) is 13.8. The molecular weight excluding hydrogens is 304 g/mol. The van der Waals surface area contributed by atoms with Crippen molar-refractivity contribution in [1.82, 2.24) is 24.9 Å². The fraction of sp³-hybridized carbons (Fsp3) is 0.588. The second-order valence-electron chi connectivity index (χ2n) is 6.64. The standard InChI is InChI=1S/C17H24N6O/c24-15-5-2-1-4-14(15)21-10-12-22(13-11-21)16-6-7-17(20-19-16)23-9-3-8-18-23/h3,6-9,14-15,24H,1-2,4-5,10-13H2. The predicted octanol–water partition coefficient (Wildman–Crippen LogP) is 1.09. The maximum absolute atomic E-state index is 10.2. The molecule has 1 saturated heterocycles. The van der Waals surface area contributed by atoms with Gasteiger partial charge in [-0.3, -0.25) is 4.90 Å². The van der Waals surface area contributed by atoms with Crippen molar-refractivity contribution >= 4 is 5.82 Å². The lowest BCUT2D eigenvalue weighted by atomic mass is 9.91. The molecule has 1 aliphatic heterocycles. The van der Waals surface area contributed by atoms with Crippen LogP contribution in [0.5, 0.6) is 0 Å². The molecule has 0 spiro atoms. The Labute approximate surface area is 141 Å². The van der Waals surface area contributed by atoms with Crippen LogP contribution in [0.25, 0.3) is 5.82 Å². The van der Waals surface area contributed by atoms with Crippen molar-refractivity contribution < 1.29 is 5.11 Å². The fourth-order valence-corrected chi connectivity index (χ4v) is 3.81. The Hall–Kier alpha value is -1.99. The van der Waals surface area contributed by atoms with E-state index in [1.54, 1.807) is 10.9 Å². The fourth-order valence-electron chi connectivity index (χ4n) is 3.81. The molecule has 2 aliphatic rings. The third-order valence-electron chi connectivity index (χ3n) is 5.18. The molecule has 1 N–H and O–H groups in total. The molecule has 24 heavy (non-hydrogen) atoms. The lowest BCUT2D eigenvalue weighted by molar-refractivity contribution is 0.0172. The van der Waals surface area contributed by atoms with Gasteiger partial charge in [0.15, 0.2) is 11.6 Å². The quantitative estimate of drug-likeness (QED) is 0.909. The van der Waals surface area contributed by atoms with Crippen LogP contribution in [-0.4, -0.2) is 68.3 Å². The highest BCUT2D eigenvalue weighted by atomic mass is 16.3. The Kier molecular flexibility index (Phi) is 4.44. The summed E-state index contributed by atoms with van der Waals surface area (Å²) in [5, 5.41) is 23.0. The summed E-state index contributed by atoms with van der Waals surface area (Å²) in [6.07, 6.45) is 7.91. The molecular formula is C17H24N6O. The summed E-state index contributed by atoms with van der Waals surface area (Å²) in [4.78, 5) is 4.72. The van der Waals surface area contributed by atoms with Crippen molar-refractivity contribution in [2.24, 2.45) is 0 Å². The molecule has 0 amide bonds. The average molecular weight is 328 g/mol. The average Bonchev–Trinajstić information content (AvgIpc) is 3.17. The van der Waals surface area contributed by atoms with Gasteiger partial charge in [-0.25, -0.2) is 4.68 Å². The van der Waals surface area contributed by atoms with E-state index in [0.29, 0.717) is 6.04 Å². The zero-order valence-corrected chi connectivity index (χ0v) is 13.8. The van der Waals surface area contributed by atoms with Gasteiger partial charge in [0.2, 0.25) is 0 Å². The molecule has 2 aromatic heterocycles. The van der Waals surface area contributed by atoms with Gasteiger partial charge in [-0.2, -0.15) is 5.10 Å². The van der Waals surface area contributed by atoms with Crippen LogP contribution in [0.4, 0.5) is 5.82 Å². The summed E-state index contributed by atoms with van der Waals surface area (Å²) in [5.74, 6) is 1.64. The summed E-state index contributed by atoms with van der Waals surface area (Å²) in [5.41, 5.74) is 0. The van der Waals surface area contributed by atoms with E-state index >= 15 is 0 Å². The minimum atomic E-state index is -0.154. The minimum Gasteiger partial charge on any atom is -0.391 e. The highest BCUT2D eigenvalue weighted by molar-refractivity contribution is 5.40. The monoisotopic (exact) mass is 328 g/mol. The van der Waals surface area contributed by atoms with Crippen LogP contribution in [0.3, 0.4) is 0 Å². The molecule has 1 saturated carbocycles. The molecule has 1 aliphatic carbocycles. The number of hydrogen-bond acceptors (Lipinski definition) is 6. The van der Waals surface area contributed by atoms with E-state index in [4.69, 9.17) is 0 Å². The lowest BCUT2D eigenvalue weighted by Gasteiger charge is -2.42. The van der Waals surface area contributed by atoms with Crippen molar-refractivity contribution in [3.05, 3.63) is 30.6 Å². The van der Waals surface area contributed by atoms with E-state index < -0.39 is 0 Å². The maximum atomic E-state index is 10.2. The van der Waals surface area contributed by atoms with Crippen molar-refractivity contribution in [2.45, 2.75) is 37.8 Å². The highest BCUT2D eigenvalue weighted by Gasteiger charge is 2.31. The summed E-state index contributed by atoms with van der Waals surface area (Å²) in [6.45, 7) is 3.81. The molecule has 0 radical (unpaired) electrons. The Balaban J connectivity index is 1.37. The first-order chi connectivity index (χ1) is 11.8. The van der Waals surface area contributed by atoms with Crippen LogP contribution in [-0.2, 0) is 0 Å². The number of aromatic nitrogens is 4. The van der Waals surface area contributed by atoms with Gasteiger partial charge in [0, 0.05) is 44.6 Å². The number of nitrogens with zero attached hydrogens (tertiary/aromatic N) is 6. The first-order valence-electron chi connectivity index (χ1n) is 8.82. The molecule has 2 aromatic rings. The number of aliphatic hydroxyl groups excluding tert-OH is 1. The van der Waals surface area contributed by atoms with E-state index in [1.807, 2.05) is 24.4 Å². The van der Waals surface area contributed by atoms with Gasteiger partial charge in [-0.1, -0.05) is 12.8 Å². The second kappa shape index (κ2) is 6.86. The Morgan fingerprint density at radius 3 is 2.38 bits per heavy atom. The maximum Gasteiger partial charge on any atom is 0.175 e. The van der Waals surface area contributed by atoms with E-state index in [1.165, 1.54) is 6.42 Å². The molecule has 2 unspecified atom stereocenters. The van der Waals surface area contributed by atoms with E-state index in [2.05, 4.69) is 25.1 Å². The van der Waals surface area contributed by atoms with Crippen LogP contribution >= 0.6 is 0 Å². The van der Waals surface area contributed by atoms with Gasteiger partial charge in [-0.05, 0) is 31.0 Å². The zero-order chi connectivity index (χ0) is 16.4. The van der Waals surface area contributed by atoms with Crippen LogP contribution < -0.4 is 4.90 Å². The summed E-state index contributed by atoms with van der Waals surface area (Å²) in [6, 6.07) is 6.17. The Bertz CT molecular complexity index is 636. The molecule has 0 bridgehead atoms.